The number of nitrogens with one attached hydrogen (secondary N) is 1. The standard InChI is InChI=1S/C15H23FN4O/c1-19-7-5-12(6-8-19)20(2)10-15(21)18-14-9-11(17)3-4-13(14)16/h3-4,9,12H,5-8,10,17H2,1-2H3,(H,18,21). The molecule has 1 aromatic rings. The molecule has 1 aliphatic rings. The number of carbonyl (C=O) groups is 1. The van der Waals surface area contributed by atoms with Gasteiger partial charge in [-0.05, 0) is 58.2 Å². The summed E-state index contributed by atoms with van der Waals surface area (Å²) < 4.78 is 13.6. The van der Waals surface area contributed by atoms with Gasteiger partial charge in [-0.1, -0.05) is 0 Å². The van der Waals surface area contributed by atoms with Gasteiger partial charge in [-0.3, -0.25) is 9.69 Å². The van der Waals surface area contributed by atoms with Crippen molar-refractivity contribution in [1.29, 1.82) is 0 Å². The third-order valence-corrected chi connectivity index (χ3v) is 3.97. The minimum atomic E-state index is -0.473. The third-order valence-electron chi connectivity index (χ3n) is 3.97. The van der Waals surface area contributed by atoms with Crippen LogP contribution >= 0.6 is 0 Å². The quantitative estimate of drug-likeness (QED) is 0.824. The number of halogens is 1. The SMILES string of the molecule is CN1CCC(N(C)CC(=O)Nc2cc(N)ccc2F)CC1. The van der Waals surface area contributed by atoms with Crippen LogP contribution in [0.4, 0.5) is 15.8 Å². The van der Waals surface area contributed by atoms with E-state index in [1.807, 2.05) is 11.9 Å². The van der Waals surface area contributed by atoms with E-state index >= 15 is 0 Å². The van der Waals surface area contributed by atoms with E-state index in [4.69, 9.17) is 5.73 Å². The molecule has 0 spiro atoms. The van der Waals surface area contributed by atoms with Gasteiger partial charge in [0, 0.05) is 11.7 Å². The molecule has 0 radical (unpaired) electrons. The zero-order valence-electron chi connectivity index (χ0n) is 12.6. The van der Waals surface area contributed by atoms with Crippen LogP contribution in [0.15, 0.2) is 18.2 Å². The van der Waals surface area contributed by atoms with E-state index in [9.17, 15) is 9.18 Å². The van der Waals surface area contributed by atoms with Crippen molar-refractivity contribution in [3.8, 4) is 0 Å². The van der Waals surface area contributed by atoms with Crippen LogP contribution in [0, 0.1) is 5.82 Å². The van der Waals surface area contributed by atoms with E-state index in [0.717, 1.165) is 25.9 Å². The minimum Gasteiger partial charge on any atom is -0.399 e. The fourth-order valence-corrected chi connectivity index (χ4v) is 2.62. The molecule has 2 rings (SSSR count). The molecule has 21 heavy (non-hydrogen) atoms. The lowest BCUT2D eigenvalue weighted by atomic mass is 10.0. The Labute approximate surface area is 124 Å². The Hall–Kier alpha value is -1.66. The number of hydrogen-bond acceptors (Lipinski definition) is 4. The molecule has 0 bridgehead atoms. The summed E-state index contributed by atoms with van der Waals surface area (Å²) in [5, 5.41) is 2.58. The molecule has 0 unspecified atom stereocenters. The Balaban J connectivity index is 1.88. The maximum Gasteiger partial charge on any atom is 0.238 e. The number of likely N-dealkylation sites (tertiary alicyclic amines) is 1. The molecule has 0 aromatic heterocycles. The number of anilines is 2. The molecule has 6 heteroatoms. The van der Waals surface area contributed by atoms with Gasteiger partial charge in [0.2, 0.25) is 5.91 Å². The number of likely N-dealkylation sites (N-methyl/N-ethyl adjacent to an activating group) is 1. The molecule has 1 aliphatic heterocycles. The highest BCUT2D eigenvalue weighted by Crippen LogP contribution is 2.18. The number of hydrogen-bond donors (Lipinski definition) is 2. The van der Waals surface area contributed by atoms with Crippen molar-refractivity contribution < 1.29 is 9.18 Å². The molecule has 1 saturated heterocycles. The van der Waals surface area contributed by atoms with Gasteiger partial charge in [-0.2, -0.15) is 0 Å². The molecule has 1 heterocycles. The Kier molecular flexibility index (Phi) is 5.14. The highest BCUT2D eigenvalue weighted by molar-refractivity contribution is 5.92. The first kappa shape index (κ1) is 15.7. The maximum absolute atomic E-state index is 13.6. The van der Waals surface area contributed by atoms with E-state index in [2.05, 4.69) is 17.3 Å². The van der Waals surface area contributed by atoms with Crippen LogP contribution < -0.4 is 11.1 Å². The molecule has 1 amide bonds. The van der Waals surface area contributed by atoms with Gasteiger partial charge in [0.25, 0.3) is 0 Å². The second-order valence-corrected chi connectivity index (χ2v) is 5.74. The van der Waals surface area contributed by atoms with Gasteiger partial charge in [-0.15, -0.1) is 0 Å². The predicted molar refractivity (Wildman–Crippen MR) is 82.6 cm³/mol. The fraction of sp³-hybridized carbons (Fsp3) is 0.533. The topological polar surface area (TPSA) is 61.6 Å². The molecular formula is C15H23FN4O. The van der Waals surface area contributed by atoms with Gasteiger partial charge in [0.05, 0.1) is 12.2 Å². The van der Waals surface area contributed by atoms with Crippen molar-refractivity contribution in [2.24, 2.45) is 0 Å². The zero-order valence-corrected chi connectivity index (χ0v) is 12.6. The molecular weight excluding hydrogens is 271 g/mol. The molecule has 5 nitrogen and oxygen atoms in total. The van der Waals surface area contributed by atoms with Crippen LogP contribution in [0.5, 0.6) is 0 Å². The van der Waals surface area contributed by atoms with Gasteiger partial charge >= 0.3 is 0 Å². The Morgan fingerprint density at radius 1 is 1.48 bits per heavy atom. The lowest BCUT2D eigenvalue weighted by molar-refractivity contribution is -0.117. The second kappa shape index (κ2) is 6.87. The summed E-state index contributed by atoms with van der Waals surface area (Å²) in [6.45, 7) is 2.34. The summed E-state index contributed by atoms with van der Waals surface area (Å²) in [6.07, 6.45) is 2.10. The molecule has 3 N–H and O–H groups in total. The predicted octanol–water partition coefficient (Wildman–Crippen LogP) is 1.37. The van der Waals surface area contributed by atoms with Crippen molar-refractivity contribution in [2.45, 2.75) is 18.9 Å². The van der Waals surface area contributed by atoms with Crippen LogP contribution in [0.25, 0.3) is 0 Å². The summed E-state index contributed by atoms with van der Waals surface area (Å²) in [6, 6.07) is 4.56. The highest BCUT2D eigenvalue weighted by atomic mass is 19.1. The average molecular weight is 294 g/mol. The normalized spacial score (nSPS) is 17.1. The van der Waals surface area contributed by atoms with E-state index in [1.54, 1.807) is 0 Å². The van der Waals surface area contributed by atoms with E-state index < -0.39 is 5.82 Å². The Morgan fingerprint density at radius 3 is 2.81 bits per heavy atom. The van der Waals surface area contributed by atoms with Crippen LogP contribution in [-0.4, -0.2) is 55.5 Å². The number of rotatable bonds is 4. The summed E-state index contributed by atoms with van der Waals surface area (Å²) in [5.41, 5.74) is 6.16. The van der Waals surface area contributed by atoms with E-state index in [-0.39, 0.29) is 18.1 Å². The summed E-state index contributed by atoms with van der Waals surface area (Å²) in [7, 11) is 4.04. The first-order chi connectivity index (χ1) is 9.95. The van der Waals surface area contributed by atoms with Crippen molar-refractivity contribution in [2.75, 3.05) is 44.8 Å². The molecule has 1 fully saturated rings. The number of piperidine rings is 1. The Bertz CT molecular complexity index is 500. The number of nitrogen functional groups attached to an aromatic ring is 1. The van der Waals surface area contributed by atoms with Crippen molar-refractivity contribution in [1.82, 2.24) is 9.80 Å². The smallest absolute Gasteiger partial charge is 0.238 e. The lowest BCUT2D eigenvalue weighted by Gasteiger charge is -2.34. The monoisotopic (exact) mass is 294 g/mol. The van der Waals surface area contributed by atoms with Crippen LogP contribution in [0.3, 0.4) is 0 Å². The van der Waals surface area contributed by atoms with E-state index in [0.29, 0.717) is 11.7 Å². The molecule has 0 saturated carbocycles. The lowest BCUT2D eigenvalue weighted by Crippen LogP contribution is -2.44. The highest BCUT2D eigenvalue weighted by Gasteiger charge is 2.22. The Morgan fingerprint density at radius 2 is 2.14 bits per heavy atom. The van der Waals surface area contributed by atoms with Gasteiger partial charge in [0.1, 0.15) is 5.82 Å². The third kappa shape index (κ3) is 4.41. The second-order valence-electron chi connectivity index (χ2n) is 5.74. The zero-order chi connectivity index (χ0) is 15.4. The molecule has 0 aliphatic carbocycles. The van der Waals surface area contributed by atoms with Crippen molar-refractivity contribution >= 4 is 17.3 Å². The fourth-order valence-electron chi connectivity index (χ4n) is 2.62. The largest absolute Gasteiger partial charge is 0.399 e. The maximum atomic E-state index is 13.6. The van der Waals surface area contributed by atoms with Crippen LogP contribution in [0.1, 0.15) is 12.8 Å². The summed E-state index contributed by atoms with van der Waals surface area (Å²) in [5.74, 6) is -0.694. The number of benzene rings is 1. The summed E-state index contributed by atoms with van der Waals surface area (Å²) >= 11 is 0. The molecule has 116 valence electrons. The molecule has 0 atom stereocenters. The number of amides is 1. The van der Waals surface area contributed by atoms with Crippen molar-refractivity contribution in [3.63, 3.8) is 0 Å². The summed E-state index contributed by atoms with van der Waals surface area (Å²) in [4.78, 5) is 16.3. The molecule has 1 aromatic carbocycles. The van der Waals surface area contributed by atoms with Gasteiger partial charge in [-0.25, -0.2) is 4.39 Å². The van der Waals surface area contributed by atoms with E-state index in [1.165, 1.54) is 18.2 Å². The average Bonchev–Trinajstić information content (AvgIpc) is 2.43. The number of nitrogens with two attached hydrogens (primary N) is 1. The van der Waals surface area contributed by atoms with Gasteiger partial charge < -0.3 is 16.0 Å². The first-order valence-electron chi connectivity index (χ1n) is 7.19. The van der Waals surface area contributed by atoms with Gasteiger partial charge in [0.15, 0.2) is 0 Å². The van der Waals surface area contributed by atoms with Crippen LogP contribution in [-0.2, 0) is 4.79 Å². The first-order valence-corrected chi connectivity index (χ1v) is 7.19. The number of carbonyl (C=O) groups excluding carboxylic acids is 1. The van der Waals surface area contributed by atoms with Crippen LogP contribution in [0.2, 0.25) is 0 Å². The number of nitrogens with zero attached hydrogens (tertiary/aromatic N) is 2. The minimum absolute atomic E-state index is 0.136. The van der Waals surface area contributed by atoms with Crippen molar-refractivity contribution in [3.05, 3.63) is 24.0 Å².